The van der Waals surface area contributed by atoms with E-state index < -0.39 is 3.79 Å². The SMILES string of the molecule is ClC(Cl)(Cl)CC(Br)CCBr. The van der Waals surface area contributed by atoms with E-state index in [1.807, 2.05) is 0 Å². The van der Waals surface area contributed by atoms with Gasteiger partial charge in [0.2, 0.25) is 0 Å². The number of halogens is 5. The van der Waals surface area contributed by atoms with E-state index in [9.17, 15) is 0 Å². The highest BCUT2D eigenvalue weighted by Gasteiger charge is 2.23. The van der Waals surface area contributed by atoms with Crippen LogP contribution in [0, 0.1) is 0 Å². The van der Waals surface area contributed by atoms with Gasteiger partial charge in [0, 0.05) is 16.6 Å². The molecule has 1 unspecified atom stereocenters. The fourth-order valence-electron chi connectivity index (χ4n) is 0.472. The standard InChI is InChI=1S/C5H7Br2Cl3/c6-2-1-4(7)3-5(8,9)10/h4H,1-3H2. The second-order valence-electron chi connectivity index (χ2n) is 1.89. The Balaban J connectivity index is 3.47. The Morgan fingerprint density at radius 1 is 1.30 bits per heavy atom. The van der Waals surface area contributed by atoms with Gasteiger partial charge in [0.05, 0.1) is 0 Å². The summed E-state index contributed by atoms with van der Waals surface area (Å²) in [4.78, 5) is 0.277. The average molecular weight is 333 g/mol. The van der Waals surface area contributed by atoms with Gasteiger partial charge < -0.3 is 0 Å². The van der Waals surface area contributed by atoms with Gasteiger partial charge in [-0.3, -0.25) is 0 Å². The Bertz CT molecular complexity index is 91.4. The summed E-state index contributed by atoms with van der Waals surface area (Å²) in [5.41, 5.74) is 0. The molecule has 0 aromatic rings. The van der Waals surface area contributed by atoms with E-state index in [4.69, 9.17) is 34.8 Å². The maximum Gasteiger partial charge on any atom is 0.191 e. The van der Waals surface area contributed by atoms with Crippen molar-refractivity contribution in [1.82, 2.24) is 0 Å². The first kappa shape index (κ1) is 11.8. The molecule has 0 fully saturated rings. The summed E-state index contributed by atoms with van der Waals surface area (Å²) >= 11 is 23.3. The zero-order valence-electron chi connectivity index (χ0n) is 5.09. The van der Waals surface area contributed by atoms with E-state index in [2.05, 4.69) is 31.9 Å². The van der Waals surface area contributed by atoms with Crippen LogP contribution in [0.4, 0.5) is 0 Å². The van der Waals surface area contributed by atoms with Crippen LogP contribution in [0.2, 0.25) is 0 Å². The summed E-state index contributed by atoms with van der Waals surface area (Å²) in [5, 5.41) is 0.920. The molecule has 0 radical (unpaired) electrons. The fourth-order valence-corrected chi connectivity index (χ4v) is 3.47. The molecular formula is C5H7Br2Cl3. The lowest BCUT2D eigenvalue weighted by atomic mass is 10.3. The Labute approximate surface area is 92.8 Å². The largest absolute Gasteiger partial charge is 0.191 e. The lowest BCUT2D eigenvalue weighted by Gasteiger charge is -2.14. The van der Waals surface area contributed by atoms with Gasteiger partial charge in [-0.25, -0.2) is 0 Å². The van der Waals surface area contributed by atoms with Gasteiger partial charge in [-0.1, -0.05) is 66.7 Å². The average Bonchev–Trinajstić information content (AvgIpc) is 1.59. The third kappa shape index (κ3) is 7.93. The summed E-state index contributed by atoms with van der Waals surface area (Å²) in [6.07, 6.45) is 1.51. The van der Waals surface area contributed by atoms with E-state index >= 15 is 0 Å². The number of hydrogen-bond donors (Lipinski definition) is 0. The molecular weight excluding hydrogens is 326 g/mol. The number of hydrogen-bond acceptors (Lipinski definition) is 0. The quantitative estimate of drug-likeness (QED) is 0.676. The minimum atomic E-state index is -1.13. The molecule has 0 aromatic carbocycles. The second kappa shape index (κ2) is 5.47. The molecule has 0 aliphatic rings. The van der Waals surface area contributed by atoms with Gasteiger partial charge in [-0.05, 0) is 6.42 Å². The Morgan fingerprint density at radius 3 is 2.10 bits per heavy atom. The Hall–Kier alpha value is 1.83. The molecule has 0 aliphatic carbocycles. The van der Waals surface area contributed by atoms with Gasteiger partial charge in [-0.15, -0.1) is 0 Å². The molecule has 0 saturated carbocycles. The molecule has 10 heavy (non-hydrogen) atoms. The van der Waals surface area contributed by atoms with Crippen LogP contribution in [0.15, 0.2) is 0 Å². The Morgan fingerprint density at radius 2 is 1.80 bits per heavy atom. The first-order valence-corrected chi connectivity index (χ1v) is 5.89. The van der Waals surface area contributed by atoms with Crippen molar-refractivity contribution in [2.24, 2.45) is 0 Å². The van der Waals surface area contributed by atoms with Crippen LogP contribution in [-0.4, -0.2) is 13.9 Å². The molecule has 0 spiro atoms. The summed E-state index contributed by atoms with van der Waals surface area (Å²) in [6.45, 7) is 0. The molecule has 1 atom stereocenters. The molecule has 62 valence electrons. The van der Waals surface area contributed by atoms with Crippen LogP contribution in [0.25, 0.3) is 0 Å². The van der Waals surface area contributed by atoms with Crippen LogP contribution in [-0.2, 0) is 0 Å². The molecule has 0 saturated heterocycles. The van der Waals surface area contributed by atoms with Crippen molar-refractivity contribution in [3.8, 4) is 0 Å². The summed E-state index contributed by atoms with van der Waals surface area (Å²) in [7, 11) is 0. The molecule has 0 bridgehead atoms. The lowest BCUT2D eigenvalue weighted by Crippen LogP contribution is -2.11. The highest BCUT2D eigenvalue weighted by molar-refractivity contribution is 9.10. The molecule has 5 heteroatoms. The molecule has 0 rings (SSSR count). The van der Waals surface area contributed by atoms with Crippen molar-refractivity contribution in [3.05, 3.63) is 0 Å². The van der Waals surface area contributed by atoms with Gasteiger partial charge in [0.1, 0.15) is 0 Å². The van der Waals surface area contributed by atoms with Crippen molar-refractivity contribution >= 4 is 66.7 Å². The lowest BCUT2D eigenvalue weighted by molar-refractivity contribution is 0.772. The van der Waals surface area contributed by atoms with Crippen molar-refractivity contribution in [1.29, 1.82) is 0 Å². The van der Waals surface area contributed by atoms with E-state index in [0.717, 1.165) is 11.8 Å². The van der Waals surface area contributed by atoms with Crippen LogP contribution in [0.1, 0.15) is 12.8 Å². The zero-order valence-corrected chi connectivity index (χ0v) is 10.5. The van der Waals surface area contributed by atoms with Crippen LogP contribution < -0.4 is 0 Å². The molecule has 0 nitrogen and oxygen atoms in total. The first-order chi connectivity index (χ1) is 4.45. The predicted molar refractivity (Wildman–Crippen MR) is 56.0 cm³/mol. The zero-order chi connectivity index (χ0) is 8.20. The van der Waals surface area contributed by atoms with E-state index in [1.165, 1.54) is 0 Å². The summed E-state index contributed by atoms with van der Waals surface area (Å²) in [5.74, 6) is 0. The van der Waals surface area contributed by atoms with E-state index in [1.54, 1.807) is 0 Å². The number of rotatable bonds is 3. The summed E-state index contributed by atoms with van der Waals surface area (Å²) < 4.78 is -1.13. The van der Waals surface area contributed by atoms with E-state index in [-0.39, 0.29) is 4.83 Å². The smallest absolute Gasteiger partial charge is 0.0928 e. The van der Waals surface area contributed by atoms with Gasteiger partial charge in [0.25, 0.3) is 0 Å². The first-order valence-electron chi connectivity index (χ1n) is 2.72. The van der Waals surface area contributed by atoms with Crippen molar-refractivity contribution < 1.29 is 0 Å². The molecule has 0 N–H and O–H groups in total. The third-order valence-electron chi connectivity index (χ3n) is 0.875. The maximum absolute atomic E-state index is 5.55. The van der Waals surface area contributed by atoms with Gasteiger partial charge >= 0.3 is 0 Å². The monoisotopic (exact) mass is 330 g/mol. The molecule has 0 aromatic heterocycles. The number of alkyl halides is 5. The van der Waals surface area contributed by atoms with Crippen molar-refractivity contribution in [2.45, 2.75) is 21.5 Å². The second-order valence-corrected chi connectivity index (χ2v) is 6.50. The Kier molecular flexibility index (Phi) is 6.47. The van der Waals surface area contributed by atoms with Gasteiger partial charge in [-0.2, -0.15) is 0 Å². The maximum atomic E-state index is 5.55. The molecule has 0 amide bonds. The topological polar surface area (TPSA) is 0 Å². The van der Waals surface area contributed by atoms with Gasteiger partial charge in [0.15, 0.2) is 3.79 Å². The summed E-state index contributed by atoms with van der Waals surface area (Å²) in [6, 6.07) is 0. The minimum Gasteiger partial charge on any atom is -0.0928 e. The fraction of sp³-hybridized carbons (Fsp3) is 1.00. The highest BCUT2D eigenvalue weighted by Crippen LogP contribution is 2.34. The third-order valence-corrected chi connectivity index (χ3v) is 2.58. The van der Waals surface area contributed by atoms with Crippen LogP contribution >= 0.6 is 66.7 Å². The van der Waals surface area contributed by atoms with Crippen LogP contribution in [0.5, 0.6) is 0 Å². The highest BCUT2D eigenvalue weighted by atomic mass is 79.9. The molecule has 0 heterocycles. The van der Waals surface area contributed by atoms with Crippen molar-refractivity contribution in [2.75, 3.05) is 5.33 Å². The normalized spacial score (nSPS) is 15.3. The van der Waals surface area contributed by atoms with Crippen LogP contribution in [0.3, 0.4) is 0 Å². The molecule has 0 aliphatic heterocycles. The van der Waals surface area contributed by atoms with Crippen molar-refractivity contribution in [3.63, 3.8) is 0 Å². The predicted octanol–water partition coefficient (Wildman–Crippen LogP) is 4.30. The minimum absolute atomic E-state index is 0.277. The van der Waals surface area contributed by atoms with E-state index in [0.29, 0.717) is 6.42 Å².